The summed E-state index contributed by atoms with van der Waals surface area (Å²) >= 11 is 0. The van der Waals surface area contributed by atoms with Gasteiger partial charge in [-0.3, -0.25) is 4.98 Å². The zero-order chi connectivity index (χ0) is 10.8. The third kappa shape index (κ3) is 1.48. The molecule has 0 amide bonds. The van der Waals surface area contributed by atoms with Crippen LogP contribution in [0.2, 0.25) is 0 Å². The summed E-state index contributed by atoms with van der Waals surface area (Å²) in [5.74, 6) is 0.586. The van der Waals surface area contributed by atoms with Crippen LogP contribution in [-0.4, -0.2) is 25.1 Å². The summed E-state index contributed by atoms with van der Waals surface area (Å²) in [6, 6.07) is 7.38. The van der Waals surface area contributed by atoms with Crippen molar-refractivity contribution in [3.8, 4) is 11.4 Å². The Morgan fingerprint density at radius 3 is 2.62 bits per heavy atom. The van der Waals surface area contributed by atoms with E-state index in [9.17, 15) is 0 Å². The quantitative estimate of drug-likeness (QED) is 0.607. The van der Waals surface area contributed by atoms with E-state index in [-0.39, 0.29) is 0 Å². The summed E-state index contributed by atoms with van der Waals surface area (Å²) in [7, 11) is 0. The highest BCUT2D eigenvalue weighted by Gasteiger charge is 2.03. The van der Waals surface area contributed by atoms with Gasteiger partial charge in [0.05, 0.1) is 0 Å². The zero-order valence-corrected chi connectivity index (χ0v) is 8.28. The fourth-order valence-corrected chi connectivity index (χ4v) is 1.41. The molecule has 0 spiro atoms. The highest BCUT2D eigenvalue weighted by Crippen LogP contribution is 2.13. The molecular weight excluding hydrogens is 202 g/mol. The Bertz CT molecular complexity index is 623. The molecule has 0 aromatic carbocycles. The van der Waals surface area contributed by atoms with Crippen molar-refractivity contribution in [2.75, 3.05) is 0 Å². The Morgan fingerprint density at radius 1 is 0.875 bits per heavy atom. The first-order valence-corrected chi connectivity index (χ1v) is 4.79. The molecule has 0 N–H and O–H groups in total. The lowest BCUT2D eigenvalue weighted by Gasteiger charge is -1.99. The highest BCUT2D eigenvalue weighted by molar-refractivity contribution is 5.71. The van der Waals surface area contributed by atoms with Gasteiger partial charge in [0.2, 0.25) is 0 Å². The predicted octanol–water partition coefficient (Wildman–Crippen LogP) is 1.48. The van der Waals surface area contributed by atoms with Crippen LogP contribution >= 0.6 is 0 Å². The number of aromatic nitrogens is 5. The molecule has 0 aliphatic heterocycles. The number of rotatable bonds is 1. The van der Waals surface area contributed by atoms with Crippen LogP contribution in [-0.2, 0) is 0 Å². The Hall–Kier alpha value is -2.43. The largest absolute Gasteiger partial charge is 0.265 e. The molecule has 5 nitrogen and oxygen atoms in total. The molecule has 0 unspecified atom stereocenters. The average Bonchev–Trinajstić information content (AvgIpc) is 2.39. The van der Waals surface area contributed by atoms with Gasteiger partial charge in [0.25, 0.3) is 0 Å². The maximum atomic E-state index is 4.38. The molecule has 0 bridgehead atoms. The van der Waals surface area contributed by atoms with E-state index in [1.165, 1.54) is 0 Å². The molecule has 5 heteroatoms. The summed E-state index contributed by atoms with van der Waals surface area (Å²) in [5.41, 5.74) is 2.19. The van der Waals surface area contributed by atoms with Crippen molar-refractivity contribution >= 4 is 11.2 Å². The second kappa shape index (κ2) is 3.62. The van der Waals surface area contributed by atoms with Crippen LogP contribution in [0.1, 0.15) is 0 Å². The number of fused-ring (bicyclic) bond motifs is 1. The van der Waals surface area contributed by atoms with E-state index in [2.05, 4.69) is 25.1 Å². The second-order valence-corrected chi connectivity index (χ2v) is 3.22. The summed E-state index contributed by atoms with van der Waals surface area (Å²) in [6.45, 7) is 0. The lowest BCUT2D eigenvalue weighted by molar-refractivity contribution is 1.01. The molecule has 3 heterocycles. The van der Waals surface area contributed by atoms with Gasteiger partial charge in [-0.1, -0.05) is 0 Å². The van der Waals surface area contributed by atoms with Gasteiger partial charge in [-0.15, -0.1) is 10.2 Å². The van der Waals surface area contributed by atoms with Crippen LogP contribution in [0, 0.1) is 0 Å². The monoisotopic (exact) mass is 209 g/mol. The molecule has 0 saturated heterocycles. The van der Waals surface area contributed by atoms with Gasteiger partial charge in [-0.2, -0.15) is 0 Å². The fraction of sp³-hybridized carbons (Fsp3) is 0. The molecule has 0 aliphatic carbocycles. The van der Waals surface area contributed by atoms with Crippen molar-refractivity contribution in [1.82, 2.24) is 25.1 Å². The standard InChI is InChI=1S/C11H7N5/c1-2-9-11(13-5-1)16-15-10(14-9)8-3-6-12-7-4-8/h1-7H. The minimum Gasteiger partial charge on any atom is -0.265 e. The first-order valence-electron chi connectivity index (χ1n) is 4.79. The Morgan fingerprint density at radius 2 is 1.75 bits per heavy atom. The molecule has 3 aromatic rings. The Balaban J connectivity index is 2.19. The van der Waals surface area contributed by atoms with Crippen molar-refractivity contribution < 1.29 is 0 Å². The summed E-state index contributed by atoms with van der Waals surface area (Å²) in [6.07, 6.45) is 5.07. The van der Waals surface area contributed by atoms with E-state index >= 15 is 0 Å². The molecular formula is C11H7N5. The van der Waals surface area contributed by atoms with Gasteiger partial charge in [0.15, 0.2) is 11.5 Å². The molecule has 76 valence electrons. The lowest BCUT2D eigenvalue weighted by Crippen LogP contribution is -1.95. The van der Waals surface area contributed by atoms with Crippen LogP contribution in [0.3, 0.4) is 0 Å². The van der Waals surface area contributed by atoms with E-state index in [4.69, 9.17) is 0 Å². The minimum atomic E-state index is 0.556. The van der Waals surface area contributed by atoms with Crippen LogP contribution in [0.5, 0.6) is 0 Å². The molecule has 16 heavy (non-hydrogen) atoms. The molecule has 0 saturated carbocycles. The van der Waals surface area contributed by atoms with Crippen molar-refractivity contribution in [3.05, 3.63) is 42.9 Å². The highest BCUT2D eigenvalue weighted by atomic mass is 15.2. The smallest absolute Gasteiger partial charge is 0.200 e. The minimum absolute atomic E-state index is 0.556. The number of hydrogen-bond donors (Lipinski definition) is 0. The van der Waals surface area contributed by atoms with Crippen molar-refractivity contribution in [2.45, 2.75) is 0 Å². The van der Waals surface area contributed by atoms with Crippen LogP contribution in [0.4, 0.5) is 0 Å². The van der Waals surface area contributed by atoms with E-state index in [1.807, 2.05) is 24.3 Å². The van der Waals surface area contributed by atoms with Gasteiger partial charge in [0.1, 0.15) is 5.52 Å². The predicted molar refractivity (Wildman–Crippen MR) is 58.4 cm³/mol. The Kier molecular flexibility index (Phi) is 2.00. The van der Waals surface area contributed by atoms with Crippen molar-refractivity contribution in [3.63, 3.8) is 0 Å². The summed E-state index contributed by atoms with van der Waals surface area (Å²) in [5, 5.41) is 8.04. The molecule has 0 aliphatic rings. The normalized spacial score (nSPS) is 10.5. The Labute approximate surface area is 91.2 Å². The third-order valence-electron chi connectivity index (χ3n) is 2.17. The van der Waals surface area contributed by atoms with E-state index < -0.39 is 0 Å². The van der Waals surface area contributed by atoms with Gasteiger partial charge >= 0.3 is 0 Å². The van der Waals surface area contributed by atoms with E-state index in [1.54, 1.807) is 18.6 Å². The van der Waals surface area contributed by atoms with Gasteiger partial charge in [-0.25, -0.2) is 9.97 Å². The lowest BCUT2D eigenvalue weighted by atomic mass is 10.2. The maximum absolute atomic E-state index is 4.38. The van der Waals surface area contributed by atoms with Crippen LogP contribution in [0.25, 0.3) is 22.6 Å². The van der Waals surface area contributed by atoms with Crippen LogP contribution < -0.4 is 0 Å². The molecule has 0 radical (unpaired) electrons. The van der Waals surface area contributed by atoms with E-state index in [0.29, 0.717) is 11.5 Å². The molecule has 0 fully saturated rings. The average molecular weight is 209 g/mol. The zero-order valence-electron chi connectivity index (χ0n) is 8.28. The number of pyridine rings is 2. The first kappa shape index (κ1) is 8.84. The number of nitrogens with zero attached hydrogens (tertiary/aromatic N) is 5. The summed E-state index contributed by atoms with van der Waals surface area (Å²) in [4.78, 5) is 12.4. The fourth-order valence-electron chi connectivity index (χ4n) is 1.41. The molecule has 0 atom stereocenters. The van der Waals surface area contributed by atoms with E-state index in [0.717, 1.165) is 11.1 Å². The van der Waals surface area contributed by atoms with Gasteiger partial charge in [0, 0.05) is 24.2 Å². The van der Waals surface area contributed by atoms with Gasteiger partial charge in [-0.05, 0) is 24.3 Å². The molecule has 3 rings (SSSR count). The first-order chi connectivity index (χ1) is 7.93. The van der Waals surface area contributed by atoms with Gasteiger partial charge < -0.3 is 0 Å². The summed E-state index contributed by atoms with van der Waals surface area (Å²) < 4.78 is 0. The second-order valence-electron chi connectivity index (χ2n) is 3.22. The third-order valence-corrected chi connectivity index (χ3v) is 2.17. The maximum Gasteiger partial charge on any atom is 0.200 e. The SMILES string of the molecule is c1cnc2nnc(-c3ccncc3)nc2c1. The molecule has 3 aromatic heterocycles. The van der Waals surface area contributed by atoms with Crippen molar-refractivity contribution in [1.29, 1.82) is 0 Å². The van der Waals surface area contributed by atoms with Crippen molar-refractivity contribution in [2.24, 2.45) is 0 Å². The van der Waals surface area contributed by atoms with Crippen LogP contribution in [0.15, 0.2) is 42.9 Å². The topological polar surface area (TPSA) is 64.5 Å². The number of hydrogen-bond acceptors (Lipinski definition) is 5.